The van der Waals surface area contributed by atoms with Crippen molar-refractivity contribution in [1.82, 2.24) is 5.32 Å². The molecule has 1 aromatic carbocycles. The minimum Gasteiger partial charge on any atom is -0.461 e. The summed E-state index contributed by atoms with van der Waals surface area (Å²) in [6.07, 6.45) is 2.33. The van der Waals surface area contributed by atoms with Crippen LogP contribution in [0.3, 0.4) is 0 Å². The lowest BCUT2D eigenvalue weighted by Crippen LogP contribution is -2.20. The second-order valence-corrected chi connectivity index (χ2v) is 4.88. The van der Waals surface area contributed by atoms with E-state index in [2.05, 4.69) is 18.3 Å². The SMILES string of the molecule is CCc1oc2ccccc2c1CNCCC(O)CC. The Hall–Kier alpha value is -1.32. The van der Waals surface area contributed by atoms with E-state index in [1.165, 1.54) is 10.9 Å². The molecule has 1 atom stereocenters. The van der Waals surface area contributed by atoms with Gasteiger partial charge in [-0.15, -0.1) is 0 Å². The Morgan fingerprint density at radius 3 is 2.79 bits per heavy atom. The number of rotatable bonds is 7. The lowest BCUT2D eigenvalue weighted by molar-refractivity contribution is 0.159. The van der Waals surface area contributed by atoms with Crippen LogP contribution in [0.1, 0.15) is 38.0 Å². The zero-order chi connectivity index (χ0) is 13.7. The Kier molecular flexibility index (Phi) is 5.00. The third-order valence-electron chi connectivity index (χ3n) is 3.53. The van der Waals surface area contributed by atoms with E-state index in [0.29, 0.717) is 0 Å². The predicted molar refractivity (Wildman–Crippen MR) is 78.2 cm³/mol. The van der Waals surface area contributed by atoms with Crippen LogP contribution in [0.5, 0.6) is 0 Å². The molecule has 0 bridgehead atoms. The summed E-state index contributed by atoms with van der Waals surface area (Å²) < 4.78 is 5.86. The first-order valence-corrected chi connectivity index (χ1v) is 7.14. The molecular weight excluding hydrogens is 238 g/mol. The lowest BCUT2D eigenvalue weighted by atomic mass is 10.1. The smallest absolute Gasteiger partial charge is 0.134 e. The van der Waals surface area contributed by atoms with Gasteiger partial charge in [-0.05, 0) is 25.5 Å². The molecule has 0 aliphatic carbocycles. The number of para-hydroxylation sites is 1. The van der Waals surface area contributed by atoms with Gasteiger partial charge in [0, 0.05) is 23.9 Å². The van der Waals surface area contributed by atoms with Crippen LogP contribution in [-0.4, -0.2) is 17.8 Å². The van der Waals surface area contributed by atoms with Crippen molar-refractivity contribution in [2.45, 2.75) is 45.8 Å². The van der Waals surface area contributed by atoms with E-state index in [9.17, 15) is 5.11 Å². The van der Waals surface area contributed by atoms with Crippen LogP contribution < -0.4 is 5.32 Å². The summed E-state index contributed by atoms with van der Waals surface area (Å²) in [5.74, 6) is 1.06. The lowest BCUT2D eigenvalue weighted by Gasteiger charge is -2.08. The van der Waals surface area contributed by atoms with E-state index in [1.54, 1.807) is 0 Å². The fraction of sp³-hybridized carbons (Fsp3) is 0.500. The highest BCUT2D eigenvalue weighted by Crippen LogP contribution is 2.26. The van der Waals surface area contributed by atoms with Crippen LogP contribution in [0.2, 0.25) is 0 Å². The summed E-state index contributed by atoms with van der Waals surface area (Å²) in [5.41, 5.74) is 2.22. The van der Waals surface area contributed by atoms with E-state index in [1.807, 2.05) is 25.1 Å². The highest BCUT2D eigenvalue weighted by Gasteiger charge is 2.11. The summed E-state index contributed by atoms with van der Waals surface area (Å²) in [6.45, 7) is 5.75. The number of nitrogens with one attached hydrogen (secondary N) is 1. The van der Waals surface area contributed by atoms with E-state index in [0.717, 1.165) is 43.7 Å². The molecule has 3 nitrogen and oxygen atoms in total. The molecule has 0 amide bonds. The second-order valence-electron chi connectivity index (χ2n) is 4.88. The van der Waals surface area contributed by atoms with E-state index < -0.39 is 0 Å². The van der Waals surface area contributed by atoms with Crippen molar-refractivity contribution >= 4 is 11.0 Å². The maximum Gasteiger partial charge on any atom is 0.134 e. The van der Waals surface area contributed by atoms with Gasteiger partial charge in [-0.2, -0.15) is 0 Å². The molecule has 2 N–H and O–H groups in total. The molecule has 1 heterocycles. The fourth-order valence-electron chi connectivity index (χ4n) is 2.32. The average Bonchev–Trinajstić information content (AvgIpc) is 2.81. The van der Waals surface area contributed by atoms with E-state index >= 15 is 0 Å². The third-order valence-corrected chi connectivity index (χ3v) is 3.53. The van der Waals surface area contributed by atoms with Gasteiger partial charge < -0.3 is 14.8 Å². The highest BCUT2D eigenvalue weighted by atomic mass is 16.3. The minimum atomic E-state index is -0.195. The van der Waals surface area contributed by atoms with Crippen LogP contribution >= 0.6 is 0 Å². The normalized spacial score (nSPS) is 13.0. The third kappa shape index (κ3) is 3.37. The number of aliphatic hydroxyl groups is 1. The number of aliphatic hydroxyl groups excluding tert-OH is 1. The highest BCUT2D eigenvalue weighted by molar-refractivity contribution is 5.82. The second kappa shape index (κ2) is 6.73. The molecule has 0 spiro atoms. The van der Waals surface area contributed by atoms with Crippen LogP contribution in [0.25, 0.3) is 11.0 Å². The maximum absolute atomic E-state index is 9.53. The molecule has 104 valence electrons. The molecule has 0 aliphatic rings. The van der Waals surface area contributed by atoms with E-state index in [-0.39, 0.29) is 6.10 Å². The predicted octanol–water partition coefficient (Wildman–Crippen LogP) is 3.25. The quantitative estimate of drug-likeness (QED) is 0.752. The average molecular weight is 261 g/mol. The zero-order valence-electron chi connectivity index (χ0n) is 11.8. The zero-order valence-corrected chi connectivity index (χ0v) is 11.8. The molecule has 2 rings (SSSR count). The Morgan fingerprint density at radius 2 is 2.05 bits per heavy atom. The molecule has 1 aromatic heterocycles. The topological polar surface area (TPSA) is 45.4 Å². The van der Waals surface area contributed by atoms with Gasteiger partial charge in [0.25, 0.3) is 0 Å². The standard InChI is InChI=1S/C16H23NO2/c1-3-12(18)9-10-17-11-14-13-7-5-6-8-16(13)19-15(14)4-2/h5-8,12,17-18H,3-4,9-11H2,1-2H3. The van der Waals surface area contributed by atoms with Gasteiger partial charge in [-0.25, -0.2) is 0 Å². The Morgan fingerprint density at radius 1 is 1.26 bits per heavy atom. The van der Waals surface area contributed by atoms with Gasteiger partial charge in [-0.3, -0.25) is 0 Å². The van der Waals surface area contributed by atoms with Gasteiger partial charge >= 0.3 is 0 Å². The minimum absolute atomic E-state index is 0.195. The summed E-state index contributed by atoms with van der Waals surface area (Å²) >= 11 is 0. The number of hydrogen-bond acceptors (Lipinski definition) is 3. The molecular formula is C16H23NO2. The number of furan rings is 1. The Bertz CT molecular complexity index is 518. The van der Waals surface area contributed by atoms with Crippen molar-refractivity contribution < 1.29 is 9.52 Å². The number of aryl methyl sites for hydroxylation is 1. The summed E-state index contributed by atoms with van der Waals surface area (Å²) in [6, 6.07) is 8.16. The van der Waals surface area contributed by atoms with Crippen LogP contribution in [0.15, 0.2) is 28.7 Å². The first-order valence-electron chi connectivity index (χ1n) is 7.14. The fourth-order valence-corrected chi connectivity index (χ4v) is 2.32. The van der Waals surface area contributed by atoms with Crippen LogP contribution in [0, 0.1) is 0 Å². The first kappa shape index (κ1) is 14.1. The number of fused-ring (bicyclic) bond motifs is 1. The van der Waals surface area contributed by atoms with Crippen molar-refractivity contribution in [3.63, 3.8) is 0 Å². The van der Waals surface area contributed by atoms with Crippen molar-refractivity contribution in [2.24, 2.45) is 0 Å². The van der Waals surface area contributed by atoms with Gasteiger partial charge in [0.15, 0.2) is 0 Å². The van der Waals surface area contributed by atoms with Gasteiger partial charge in [0.1, 0.15) is 11.3 Å². The largest absolute Gasteiger partial charge is 0.461 e. The molecule has 0 radical (unpaired) electrons. The first-order chi connectivity index (χ1) is 9.26. The molecule has 2 aromatic rings. The molecule has 1 unspecified atom stereocenters. The molecule has 0 aliphatic heterocycles. The summed E-state index contributed by atoms with van der Waals surface area (Å²) in [7, 11) is 0. The van der Waals surface area contributed by atoms with Crippen molar-refractivity contribution in [1.29, 1.82) is 0 Å². The number of hydrogen-bond donors (Lipinski definition) is 2. The Balaban J connectivity index is 2.03. The maximum atomic E-state index is 9.53. The molecule has 19 heavy (non-hydrogen) atoms. The van der Waals surface area contributed by atoms with Crippen molar-refractivity contribution in [3.8, 4) is 0 Å². The number of benzene rings is 1. The molecule has 0 saturated heterocycles. The molecule has 0 fully saturated rings. The van der Waals surface area contributed by atoms with Gasteiger partial charge in [-0.1, -0.05) is 32.0 Å². The van der Waals surface area contributed by atoms with E-state index in [4.69, 9.17) is 4.42 Å². The van der Waals surface area contributed by atoms with Crippen LogP contribution in [-0.2, 0) is 13.0 Å². The van der Waals surface area contributed by atoms with Crippen LogP contribution in [0.4, 0.5) is 0 Å². The summed E-state index contributed by atoms with van der Waals surface area (Å²) in [5, 5.41) is 14.1. The van der Waals surface area contributed by atoms with Crippen molar-refractivity contribution in [3.05, 3.63) is 35.6 Å². The monoisotopic (exact) mass is 261 g/mol. The van der Waals surface area contributed by atoms with Crippen molar-refractivity contribution in [2.75, 3.05) is 6.54 Å². The molecule has 3 heteroatoms. The molecule has 0 saturated carbocycles. The van der Waals surface area contributed by atoms with Gasteiger partial charge in [0.05, 0.1) is 6.10 Å². The van der Waals surface area contributed by atoms with Gasteiger partial charge in [0.2, 0.25) is 0 Å². The summed E-state index contributed by atoms with van der Waals surface area (Å²) in [4.78, 5) is 0. The Labute approximate surface area is 114 Å².